The van der Waals surface area contributed by atoms with Crippen LogP contribution < -0.4 is 5.32 Å². The molecule has 0 bridgehead atoms. The molecule has 0 heterocycles. The summed E-state index contributed by atoms with van der Waals surface area (Å²) < 4.78 is 0. The third kappa shape index (κ3) is 2.64. The van der Waals surface area contributed by atoms with E-state index in [1.807, 2.05) is 0 Å². The minimum atomic E-state index is -0.194. The van der Waals surface area contributed by atoms with Crippen LogP contribution in [0, 0.1) is 0 Å². The maximum atomic E-state index is 9.69. The summed E-state index contributed by atoms with van der Waals surface area (Å²) in [7, 11) is 0. The highest BCUT2D eigenvalue weighted by Crippen LogP contribution is 2.00. The lowest BCUT2D eigenvalue weighted by molar-refractivity contribution is -0.108. The molecule has 0 aliphatic rings. The molecule has 46 valence electrons. The average Bonchev–Trinajstić information content (AvgIpc) is 1.67. The van der Waals surface area contributed by atoms with E-state index in [1.165, 1.54) is 0 Å². The SMILES string of the molecule is C=C(NC=O)C(C)Cl. The molecule has 0 fully saturated rings. The van der Waals surface area contributed by atoms with Gasteiger partial charge in [0.05, 0.1) is 5.38 Å². The molecular weight excluding hydrogens is 126 g/mol. The zero-order valence-corrected chi connectivity index (χ0v) is 5.40. The summed E-state index contributed by atoms with van der Waals surface area (Å²) in [5.41, 5.74) is 0.529. The number of hydrogen-bond acceptors (Lipinski definition) is 1. The summed E-state index contributed by atoms with van der Waals surface area (Å²) in [6.07, 6.45) is 0.557. The second kappa shape index (κ2) is 3.50. The summed E-state index contributed by atoms with van der Waals surface area (Å²) >= 11 is 5.49. The van der Waals surface area contributed by atoms with Crippen LogP contribution in [0.1, 0.15) is 6.92 Å². The Morgan fingerprint density at radius 1 is 2.00 bits per heavy atom. The second-order valence-corrected chi connectivity index (χ2v) is 2.06. The fraction of sp³-hybridized carbons (Fsp3) is 0.400. The minimum absolute atomic E-state index is 0.194. The van der Waals surface area contributed by atoms with Crippen molar-refractivity contribution in [1.29, 1.82) is 0 Å². The summed E-state index contributed by atoms with van der Waals surface area (Å²) in [5.74, 6) is 0. The first-order valence-corrected chi connectivity index (χ1v) is 2.65. The molecule has 8 heavy (non-hydrogen) atoms. The van der Waals surface area contributed by atoms with E-state index in [0.717, 1.165) is 0 Å². The van der Waals surface area contributed by atoms with Crippen LogP contribution in [0.2, 0.25) is 0 Å². The summed E-state index contributed by atoms with van der Waals surface area (Å²) in [5, 5.41) is 2.14. The van der Waals surface area contributed by atoms with Crippen molar-refractivity contribution in [2.75, 3.05) is 0 Å². The number of halogens is 1. The minimum Gasteiger partial charge on any atom is -0.331 e. The van der Waals surface area contributed by atoms with E-state index < -0.39 is 0 Å². The standard InChI is InChI=1S/C5H8ClNO/c1-4(6)5(2)7-3-8/h3-4H,2H2,1H3,(H,7,8). The van der Waals surface area contributed by atoms with Crippen molar-refractivity contribution in [2.24, 2.45) is 0 Å². The predicted molar refractivity (Wildman–Crippen MR) is 33.7 cm³/mol. The number of amides is 1. The van der Waals surface area contributed by atoms with Crippen molar-refractivity contribution in [3.8, 4) is 0 Å². The number of allylic oxidation sites excluding steroid dienone is 1. The zero-order chi connectivity index (χ0) is 6.57. The van der Waals surface area contributed by atoms with Gasteiger partial charge in [-0.2, -0.15) is 0 Å². The van der Waals surface area contributed by atoms with E-state index in [0.29, 0.717) is 12.1 Å². The highest BCUT2D eigenvalue weighted by Gasteiger charge is 1.97. The molecule has 1 atom stereocenters. The van der Waals surface area contributed by atoms with E-state index in [1.54, 1.807) is 6.92 Å². The van der Waals surface area contributed by atoms with Crippen molar-refractivity contribution in [3.05, 3.63) is 12.3 Å². The van der Waals surface area contributed by atoms with Crippen LogP contribution in [0.4, 0.5) is 0 Å². The molecule has 1 amide bonds. The lowest BCUT2D eigenvalue weighted by atomic mass is 10.4. The second-order valence-electron chi connectivity index (χ2n) is 1.40. The maximum absolute atomic E-state index is 9.69. The molecule has 0 saturated carbocycles. The highest BCUT2D eigenvalue weighted by molar-refractivity contribution is 6.22. The van der Waals surface area contributed by atoms with Crippen LogP contribution in [-0.4, -0.2) is 11.8 Å². The number of hydrogen-bond donors (Lipinski definition) is 1. The molecule has 1 unspecified atom stereocenters. The van der Waals surface area contributed by atoms with Gasteiger partial charge < -0.3 is 5.32 Å². The van der Waals surface area contributed by atoms with Crippen LogP contribution in [0.5, 0.6) is 0 Å². The van der Waals surface area contributed by atoms with E-state index >= 15 is 0 Å². The first-order valence-electron chi connectivity index (χ1n) is 2.21. The van der Waals surface area contributed by atoms with Gasteiger partial charge in [-0.15, -0.1) is 11.6 Å². The summed E-state index contributed by atoms with van der Waals surface area (Å²) in [6.45, 7) is 5.21. The van der Waals surface area contributed by atoms with E-state index in [4.69, 9.17) is 11.6 Å². The molecule has 3 heteroatoms. The number of rotatable bonds is 3. The van der Waals surface area contributed by atoms with Gasteiger partial charge >= 0.3 is 0 Å². The Kier molecular flexibility index (Phi) is 3.28. The van der Waals surface area contributed by atoms with Crippen molar-refractivity contribution >= 4 is 18.0 Å². The van der Waals surface area contributed by atoms with Gasteiger partial charge in [-0.25, -0.2) is 0 Å². The van der Waals surface area contributed by atoms with Crippen molar-refractivity contribution in [1.82, 2.24) is 5.32 Å². The molecule has 1 N–H and O–H groups in total. The topological polar surface area (TPSA) is 29.1 Å². The first kappa shape index (κ1) is 7.50. The third-order valence-corrected chi connectivity index (χ3v) is 0.988. The molecule has 0 aromatic heterocycles. The van der Waals surface area contributed by atoms with Gasteiger partial charge in [0.1, 0.15) is 0 Å². The van der Waals surface area contributed by atoms with Crippen LogP contribution in [0.15, 0.2) is 12.3 Å². The van der Waals surface area contributed by atoms with Crippen LogP contribution >= 0.6 is 11.6 Å². The molecule has 0 radical (unpaired) electrons. The summed E-state index contributed by atoms with van der Waals surface area (Å²) in [6, 6.07) is 0. The number of alkyl halides is 1. The van der Waals surface area contributed by atoms with Crippen LogP contribution in [0.3, 0.4) is 0 Å². The lowest BCUT2D eigenvalue weighted by Gasteiger charge is -2.02. The molecular formula is C5H8ClNO. The van der Waals surface area contributed by atoms with Gasteiger partial charge in [0.15, 0.2) is 0 Å². The zero-order valence-electron chi connectivity index (χ0n) is 4.65. The van der Waals surface area contributed by atoms with Gasteiger partial charge in [0, 0.05) is 5.70 Å². The van der Waals surface area contributed by atoms with E-state index in [9.17, 15) is 4.79 Å². The molecule has 0 aromatic rings. The van der Waals surface area contributed by atoms with Gasteiger partial charge in [0.2, 0.25) is 6.41 Å². The Morgan fingerprint density at radius 2 is 2.50 bits per heavy atom. The van der Waals surface area contributed by atoms with Gasteiger partial charge in [0.25, 0.3) is 0 Å². The Balaban J connectivity index is 3.48. The van der Waals surface area contributed by atoms with Gasteiger partial charge in [-0.05, 0) is 6.92 Å². The number of nitrogens with one attached hydrogen (secondary N) is 1. The van der Waals surface area contributed by atoms with Gasteiger partial charge in [-0.3, -0.25) is 4.79 Å². The van der Waals surface area contributed by atoms with Gasteiger partial charge in [-0.1, -0.05) is 6.58 Å². The molecule has 0 saturated heterocycles. The quantitative estimate of drug-likeness (QED) is 0.449. The third-order valence-electron chi connectivity index (χ3n) is 0.724. The van der Waals surface area contributed by atoms with E-state index in [-0.39, 0.29) is 5.38 Å². The Labute approximate surface area is 53.5 Å². The molecule has 0 rings (SSSR count). The highest BCUT2D eigenvalue weighted by atomic mass is 35.5. The molecule has 0 aliphatic heterocycles. The van der Waals surface area contributed by atoms with Crippen molar-refractivity contribution < 1.29 is 4.79 Å². The Bertz CT molecular complexity index is 101. The number of carbonyl (C=O) groups is 1. The normalized spacial score (nSPS) is 12.2. The van der Waals surface area contributed by atoms with E-state index in [2.05, 4.69) is 11.9 Å². The lowest BCUT2D eigenvalue weighted by Crippen LogP contribution is -2.15. The monoisotopic (exact) mass is 133 g/mol. The Morgan fingerprint density at radius 3 is 2.62 bits per heavy atom. The van der Waals surface area contributed by atoms with Crippen LogP contribution in [0.25, 0.3) is 0 Å². The average molecular weight is 134 g/mol. The molecule has 2 nitrogen and oxygen atoms in total. The fourth-order valence-electron chi connectivity index (χ4n) is 0.191. The van der Waals surface area contributed by atoms with Crippen molar-refractivity contribution in [3.63, 3.8) is 0 Å². The first-order chi connectivity index (χ1) is 3.68. The fourth-order valence-corrected chi connectivity index (χ4v) is 0.254. The number of carbonyl (C=O) groups excluding carboxylic acids is 1. The largest absolute Gasteiger partial charge is 0.331 e. The summed E-state index contributed by atoms with van der Waals surface area (Å²) in [4.78, 5) is 9.69. The van der Waals surface area contributed by atoms with Crippen LogP contribution in [-0.2, 0) is 4.79 Å². The molecule has 0 spiro atoms. The molecule has 0 aromatic carbocycles. The Hall–Kier alpha value is -0.500. The molecule has 0 aliphatic carbocycles. The maximum Gasteiger partial charge on any atom is 0.211 e. The van der Waals surface area contributed by atoms with Crippen molar-refractivity contribution in [2.45, 2.75) is 12.3 Å². The predicted octanol–water partition coefficient (Wildman–Crippen LogP) is 0.873. The smallest absolute Gasteiger partial charge is 0.211 e.